The quantitative estimate of drug-likeness (QED) is 0.492. The van der Waals surface area contributed by atoms with Gasteiger partial charge in [-0.2, -0.15) is 13.2 Å². The number of hydrogen-bond acceptors (Lipinski definition) is 6. The molecule has 0 saturated carbocycles. The van der Waals surface area contributed by atoms with Crippen molar-refractivity contribution in [2.75, 3.05) is 19.8 Å². The summed E-state index contributed by atoms with van der Waals surface area (Å²) >= 11 is 0. The van der Waals surface area contributed by atoms with Crippen LogP contribution in [0.2, 0.25) is 0 Å². The minimum atomic E-state index is -5.08. The number of H-pyrrole nitrogens is 1. The molecule has 172 valence electrons. The molecule has 3 rings (SSSR count). The average Bonchev–Trinajstić information content (AvgIpc) is 3.04. The molecule has 2 aromatic rings. The van der Waals surface area contributed by atoms with E-state index >= 15 is 0 Å². The van der Waals surface area contributed by atoms with Crippen molar-refractivity contribution in [3.8, 4) is 5.75 Å². The van der Waals surface area contributed by atoms with E-state index in [1.54, 1.807) is 13.0 Å². The number of esters is 1. The van der Waals surface area contributed by atoms with Crippen LogP contribution in [-0.4, -0.2) is 64.5 Å². The molecule has 1 aromatic heterocycles. The van der Waals surface area contributed by atoms with Crippen molar-refractivity contribution >= 4 is 28.8 Å². The van der Waals surface area contributed by atoms with Crippen molar-refractivity contribution < 1.29 is 52.7 Å². The zero-order valence-corrected chi connectivity index (χ0v) is 16.2. The Bertz CT molecular complexity index is 942. The number of rotatable bonds is 5. The number of halogens is 3. The van der Waals surface area contributed by atoms with E-state index in [9.17, 15) is 27.9 Å². The van der Waals surface area contributed by atoms with Crippen molar-refractivity contribution in [1.82, 2.24) is 10.3 Å². The van der Waals surface area contributed by atoms with Gasteiger partial charge in [0.2, 0.25) is 0 Å². The monoisotopic (exact) mass is 450 g/mol. The molecule has 10 nitrogen and oxygen atoms in total. The molecular weight excluding hydrogens is 429 g/mol. The molecule has 0 bridgehead atoms. The van der Waals surface area contributed by atoms with Crippen molar-refractivity contribution in [1.29, 1.82) is 0 Å². The summed E-state index contributed by atoms with van der Waals surface area (Å²) in [6.07, 6.45) is -4.35. The number of aromatic nitrogens is 1. The Labute approximate surface area is 173 Å². The summed E-state index contributed by atoms with van der Waals surface area (Å²) in [4.78, 5) is 34.8. The molecule has 6 N–H and O–H groups in total. The van der Waals surface area contributed by atoms with E-state index in [0.29, 0.717) is 24.6 Å². The van der Waals surface area contributed by atoms with Crippen LogP contribution in [0, 0.1) is 0 Å². The summed E-state index contributed by atoms with van der Waals surface area (Å²) in [6.45, 7) is 2.51. The van der Waals surface area contributed by atoms with Crippen LogP contribution in [0.4, 0.5) is 13.2 Å². The maximum absolute atomic E-state index is 11.4. The predicted molar refractivity (Wildman–Crippen MR) is 99.8 cm³/mol. The first-order chi connectivity index (χ1) is 14.0. The van der Waals surface area contributed by atoms with Gasteiger partial charge in [0, 0.05) is 23.1 Å². The van der Waals surface area contributed by atoms with Crippen LogP contribution < -0.4 is 10.1 Å². The largest absolute Gasteiger partial charge is 0.490 e. The van der Waals surface area contributed by atoms with E-state index in [1.165, 1.54) is 0 Å². The number of alkyl halides is 3. The number of carbonyl (C=O) groups excluding carboxylic acids is 1. The topological polar surface area (TPSA) is 169 Å². The van der Waals surface area contributed by atoms with Gasteiger partial charge in [-0.3, -0.25) is 10.1 Å². The Morgan fingerprint density at radius 2 is 1.87 bits per heavy atom. The maximum atomic E-state index is 11.4. The minimum Gasteiger partial charge on any atom is -0.482 e. The second-order valence-corrected chi connectivity index (χ2v) is 6.10. The molecule has 31 heavy (non-hydrogen) atoms. The van der Waals surface area contributed by atoms with Crippen LogP contribution in [0.5, 0.6) is 5.75 Å². The second kappa shape index (κ2) is 10.6. The number of hydrogen-bond donors (Lipinski definition) is 4. The first-order valence-corrected chi connectivity index (χ1v) is 8.73. The number of carbonyl (C=O) groups is 3. The predicted octanol–water partition coefficient (Wildman–Crippen LogP) is 1.19. The van der Waals surface area contributed by atoms with Gasteiger partial charge in [-0.25, -0.2) is 9.59 Å². The van der Waals surface area contributed by atoms with E-state index in [4.69, 9.17) is 19.4 Å². The standard InChI is InChI=1S/C16H18N2O5.C2HF3O2.H2O/c1-2-22-13(19)8-23-9-3-4-12-11(7-9)10-5-6-17-15(16(20)21)14(10)18-12;3-2(4,5)1(6)7;/h3-4,7,15,17-18H,2,5-6,8H2,1H3,(H,20,21);(H,6,7);1H2. The summed E-state index contributed by atoms with van der Waals surface area (Å²) < 4.78 is 42.0. The van der Waals surface area contributed by atoms with E-state index < -0.39 is 30.1 Å². The highest BCUT2D eigenvalue weighted by Gasteiger charge is 2.38. The Kier molecular flexibility index (Phi) is 8.82. The molecule has 1 unspecified atom stereocenters. The first kappa shape index (κ1) is 25.7. The molecule has 1 atom stereocenters. The number of aromatic amines is 1. The number of ether oxygens (including phenoxy) is 2. The molecule has 1 aliphatic rings. The molecule has 1 aliphatic heterocycles. The Balaban J connectivity index is 0.000000523. The average molecular weight is 450 g/mol. The number of carboxylic acids is 2. The van der Waals surface area contributed by atoms with Gasteiger partial charge in [0.15, 0.2) is 6.61 Å². The third kappa shape index (κ3) is 6.58. The van der Waals surface area contributed by atoms with E-state index in [2.05, 4.69) is 10.3 Å². The Morgan fingerprint density at radius 1 is 1.23 bits per heavy atom. The van der Waals surface area contributed by atoms with Crippen molar-refractivity contribution in [3.63, 3.8) is 0 Å². The highest BCUT2D eigenvalue weighted by atomic mass is 19.4. The van der Waals surface area contributed by atoms with Crippen LogP contribution in [0.15, 0.2) is 18.2 Å². The fourth-order valence-corrected chi connectivity index (χ4v) is 2.85. The molecule has 0 spiro atoms. The summed E-state index contributed by atoms with van der Waals surface area (Å²) in [5.41, 5.74) is 2.52. The van der Waals surface area contributed by atoms with Gasteiger partial charge in [0.1, 0.15) is 11.8 Å². The fraction of sp³-hybridized carbons (Fsp3) is 0.389. The van der Waals surface area contributed by atoms with Gasteiger partial charge >= 0.3 is 24.1 Å². The SMILES string of the molecule is CCOC(=O)COc1ccc2[nH]c3c(c2c1)CCNC3C(=O)O.O.O=C(O)C(F)(F)F. The summed E-state index contributed by atoms with van der Waals surface area (Å²) in [5, 5.41) is 20.3. The lowest BCUT2D eigenvalue weighted by Gasteiger charge is -2.20. The fourth-order valence-electron chi connectivity index (χ4n) is 2.85. The summed E-state index contributed by atoms with van der Waals surface area (Å²) in [6, 6.07) is 4.67. The molecule has 1 aromatic carbocycles. The van der Waals surface area contributed by atoms with Crippen LogP contribution in [0.3, 0.4) is 0 Å². The van der Waals surface area contributed by atoms with Crippen LogP contribution in [0.1, 0.15) is 24.2 Å². The highest BCUT2D eigenvalue weighted by Crippen LogP contribution is 2.32. The van der Waals surface area contributed by atoms with Gasteiger partial charge in [-0.15, -0.1) is 0 Å². The lowest BCUT2D eigenvalue weighted by atomic mass is 9.99. The number of fused-ring (bicyclic) bond motifs is 3. The molecule has 0 aliphatic carbocycles. The van der Waals surface area contributed by atoms with Gasteiger partial charge in [0.25, 0.3) is 0 Å². The second-order valence-electron chi connectivity index (χ2n) is 6.10. The minimum absolute atomic E-state index is 0. The molecule has 0 saturated heterocycles. The van der Waals surface area contributed by atoms with Gasteiger partial charge in [-0.05, 0) is 37.1 Å². The van der Waals surface area contributed by atoms with Gasteiger partial charge in [-0.1, -0.05) is 0 Å². The number of carboxylic acid groups (broad SMARTS) is 2. The third-order valence-corrected chi connectivity index (χ3v) is 4.07. The summed E-state index contributed by atoms with van der Waals surface area (Å²) in [5.74, 6) is -3.53. The van der Waals surface area contributed by atoms with Gasteiger partial charge in [0.05, 0.1) is 6.61 Å². The number of aliphatic carboxylic acids is 2. The number of benzene rings is 1. The Hall–Kier alpha value is -3.32. The molecule has 0 amide bonds. The van der Waals surface area contributed by atoms with Gasteiger partial charge < -0.3 is 30.1 Å². The number of nitrogens with one attached hydrogen (secondary N) is 2. The lowest BCUT2D eigenvalue weighted by molar-refractivity contribution is -0.192. The van der Waals surface area contributed by atoms with Crippen LogP contribution in [-0.2, 0) is 25.5 Å². The third-order valence-electron chi connectivity index (χ3n) is 4.07. The smallest absolute Gasteiger partial charge is 0.482 e. The Morgan fingerprint density at radius 3 is 2.42 bits per heavy atom. The van der Waals surface area contributed by atoms with E-state index in [1.807, 2.05) is 12.1 Å². The maximum Gasteiger partial charge on any atom is 0.490 e. The van der Waals surface area contributed by atoms with Crippen LogP contribution in [0.25, 0.3) is 10.9 Å². The zero-order chi connectivity index (χ0) is 22.5. The van der Waals surface area contributed by atoms with Crippen molar-refractivity contribution in [2.45, 2.75) is 25.6 Å². The first-order valence-electron chi connectivity index (χ1n) is 8.73. The van der Waals surface area contributed by atoms with Crippen molar-refractivity contribution in [3.05, 3.63) is 29.5 Å². The van der Waals surface area contributed by atoms with Crippen LogP contribution >= 0.6 is 0 Å². The molecular formula is C18H21F3N2O8. The van der Waals surface area contributed by atoms with Crippen molar-refractivity contribution in [2.24, 2.45) is 0 Å². The lowest BCUT2D eigenvalue weighted by Crippen LogP contribution is -2.34. The molecule has 2 heterocycles. The van der Waals surface area contributed by atoms with E-state index in [-0.39, 0.29) is 12.1 Å². The molecule has 0 fully saturated rings. The molecule has 0 radical (unpaired) electrons. The normalized spacial score (nSPS) is 15.0. The molecule has 13 heteroatoms. The zero-order valence-electron chi connectivity index (χ0n) is 16.2. The highest BCUT2D eigenvalue weighted by molar-refractivity contribution is 5.89. The summed E-state index contributed by atoms with van der Waals surface area (Å²) in [7, 11) is 0. The van der Waals surface area contributed by atoms with E-state index in [0.717, 1.165) is 22.9 Å².